The third kappa shape index (κ3) is 2.33. The van der Waals surface area contributed by atoms with Crippen molar-refractivity contribution in [2.75, 3.05) is 6.61 Å². The van der Waals surface area contributed by atoms with Crippen molar-refractivity contribution in [3.05, 3.63) is 0 Å². The van der Waals surface area contributed by atoms with Gasteiger partial charge in [-0.3, -0.25) is 4.21 Å². The lowest BCUT2D eigenvalue weighted by atomic mass is 10.2. The van der Waals surface area contributed by atoms with E-state index in [1.165, 1.54) is 0 Å². The molecule has 1 aliphatic rings. The van der Waals surface area contributed by atoms with Gasteiger partial charge in [-0.1, -0.05) is 11.1 Å². The first-order valence-electron chi connectivity index (χ1n) is 3.40. The van der Waals surface area contributed by atoms with Gasteiger partial charge in [0.1, 0.15) is 0 Å². The molecule has 0 aliphatic carbocycles. The van der Waals surface area contributed by atoms with E-state index < -0.39 is 11.1 Å². The number of rotatable bonds is 1. The van der Waals surface area contributed by atoms with E-state index >= 15 is 0 Å². The molecule has 1 saturated heterocycles. The minimum atomic E-state index is -1.88. The molecule has 0 aromatic rings. The molecule has 1 heterocycles. The summed E-state index contributed by atoms with van der Waals surface area (Å²) in [7, 11) is 0. The minimum absolute atomic E-state index is 0.142. The summed E-state index contributed by atoms with van der Waals surface area (Å²) in [6.07, 6.45) is 1.39. The van der Waals surface area contributed by atoms with Gasteiger partial charge < -0.3 is 9.29 Å². The van der Waals surface area contributed by atoms with Gasteiger partial charge in [0.25, 0.3) is 16.3 Å². The lowest BCUT2D eigenvalue weighted by Gasteiger charge is -2.28. The van der Waals surface area contributed by atoms with E-state index in [4.69, 9.17) is 4.74 Å². The third-order valence-electron chi connectivity index (χ3n) is 1.71. The zero-order chi connectivity index (χ0) is 7.56. The Bertz CT molecular complexity index is 141. The first-order valence-corrected chi connectivity index (χ1v) is 5.69. The maximum Gasteiger partial charge on any atom is 0.258 e. The molecule has 1 fully saturated rings. The highest BCUT2D eigenvalue weighted by Gasteiger charge is 2.19. The Balaban J connectivity index is 2.39. The van der Waals surface area contributed by atoms with Crippen LogP contribution >= 0.6 is 0 Å². The summed E-state index contributed by atoms with van der Waals surface area (Å²) in [5, 5.41) is -0.142. The summed E-state index contributed by atoms with van der Waals surface area (Å²) < 4.78 is 26.2. The summed E-state index contributed by atoms with van der Waals surface area (Å²) in [6, 6.07) is 0. The van der Waals surface area contributed by atoms with Crippen LogP contribution in [0.5, 0.6) is 0 Å². The molecule has 1 aliphatic heterocycles. The molecule has 0 aromatic heterocycles. The second-order valence-electron chi connectivity index (χ2n) is 2.59. The first-order chi connectivity index (χ1) is 4.70. The van der Waals surface area contributed by atoms with Gasteiger partial charge in [-0.2, -0.15) is 0 Å². The zero-order valence-electron chi connectivity index (χ0n) is 5.91. The van der Waals surface area contributed by atoms with Crippen LogP contribution in [0.1, 0.15) is 12.8 Å². The normalized spacial score (nSPS) is 37.3. The van der Waals surface area contributed by atoms with Crippen molar-refractivity contribution in [2.45, 2.75) is 23.1 Å². The number of hydrogen-bond donors (Lipinski definition) is 0. The minimum Gasteiger partial charge on any atom is -0.772 e. The van der Waals surface area contributed by atoms with Gasteiger partial charge in [0.05, 0.1) is 0 Å². The number of ether oxygens (including phenoxy) is 1. The lowest BCUT2D eigenvalue weighted by molar-refractivity contribution is 0.0687. The van der Waals surface area contributed by atoms with Crippen molar-refractivity contribution in [1.29, 1.82) is 0 Å². The van der Waals surface area contributed by atoms with Gasteiger partial charge >= 0.3 is 0 Å². The highest BCUT2D eigenvalue weighted by atomic mass is 32.2. The highest BCUT2D eigenvalue weighted by molar-refractivity contribution is 7.79. The van der Waals surface area contributed by atoms with Crippen LogP contribution in [0.2, 0.25) is 0 Å². The summed E-state index contributed by atoms with van der Waals surface area (Å²) >= 11 is -0.941. The fourth-order valence-electron chi connectivity index (χ4n) is 1.13. The predicted octanol–water partition coefficient (Wildman–Crippen LogP) is -0.996. The van der Waals surface area contributed by atoms with E-state index in [-0.39, 0.29) is 10.2 Å². The molecule has 0 radical (unpaired) electrons. The van der Waals surface area contributed by atoms with Gasteiger partial charge in [-0.25, -0.2) is 0 Å². The SMILES string of the molecule is O=S([O-])C1CCO[CH]([AlH2])C1. The molecule has 0 spiro atoms. The van der Waals surface area contributed by atoms with Crippen molar-refractivity contribution >= 4 is 27.4 Å². The molecule has 0 bridgehead atoms. The average molecular weight is 177 g/mol. The molecule has 3 nitrogen and oxygen atoms in total. The van der Waals surface area contributed by atoms with Crippen LogP contribution in [0.25, 0.3) is 0 Å². The monoisotopic (exact) mass is 177 g/mol. The lowest BCUT2D eigenvalue weighted by Crippen LogP contribution is -2.31. The van der Waals surface area contributed by atoms with E-state index in [1.807, 2.05) is 0 Å². The summed E-state index contributed by atoms with van der Waals surface area (Å²) in [6.45, 7) is 0.618. The Morgan fingerprint density at radius 3 is 2.80 bits per heavy atom. The van der Waals surface area contributed by atoms with Crippen LogP contribution in [0.15, 0.2) is 0 Å². The van der Waals surface area contributed by atoms with E-state index in [0.29, 0.717) is 19.4 Å². The zero-order valence-corrected chi connectivity index (χ0v) is 8.73. The van der Waals surface area contributed by atoms with Crippen LogP contribution in [0, 0.1) is 0 Å². The Hall–Kier alpha value is 0.602. The summed E-state index contributed by atoms with van der Waals surface area (Å²) in [4.78, 5) is 0.247. The van der Waals surface area contributed by atoms with Gasteiger partial charge in [-0.15, -0.1) is 0 Å². The Morgan fingerprint density at radius 1 is 1.70 bits per heavy atom. The summed E-state index contributed by atoms with van der Waals surface area (Å²) in [5.41, 5.74) is 0. The van der Waals surface area contributed by atoms with Gasteiger partial charge in [0.2, 0.25) is 0 Å². The molecule has 58 valence electrons. The van der Waals surface area contributed by atoms with Crippen LogP contribution in [0.4, 0.5) is 0 Å². The Kier molecular flexibility index (Phi) is 3.34. The molecule has 3 unspecified atom stereocenters. The quantitative estimate of drug-likeness (QED) is 0.381. The molecule has 0 aromatic carbocycles. The molecule has 0 saturated carbocycles. The molecule has 1 rings (SSSR count). The third-order valence-corrected chi connectivity index (χ3v) is 3.49. The second kappa shape index (κ2) is 3.84. The Morgan fingerprint density at radius 2 is 2.40 bits per heavy atom. The van der Waals surface area contributed by atoms with Crippen LogP contribution in [-0.4, -0.2) is 41.9 Å². The highest BCUT2D eigenvalue weighted by Crippen LogP contribution is 2.15. The average Bonchev–Trinajstić information content (AvgIpc) is 1.88. The predicted molar refractivity (Wildman–Crippen MR) is 40.2 cm³/mol. The number of hydrogen-bond acceptors (Lipinski definition) is 3. The standard InChI is InChI=1S/C5H9O3S.Al.2H/c6-9(7)5-1-3-8-4-2-5;;;/h3,5H,1-2,4H2,(H,6,7);;;/p-1. The van der Waals surface area contributed by atoms with E-state index in [0.717, 1.165) is 16.3 Å². The van der Waals surface area contributed by atoms with Gasteiger partial charge in [-0.05, 0) is 17.8 Å². The van der Waals surface area contributed by atoms with E-state index in [9.17, 15) is 8.76 Å². The molecule has 5 heteroatoms. The van der Waals surface area contributed by atoms with Crippen molar-refractivity contribution in [3.63, 3.8) is 0 Å². The maximum absolute atomic E-state index is 10.5. The maximum atomic E-state index is 10.5. The summed E-state index contributed by atoms with van der Waals surface area (Å²) in [5.74, 6) is 0. The van der Waals surface area contributed by atoms with Crippen LogP contribution in [0.3, 0.4) is 0 Å². The largest absolute Gasteiger partial charge is 0.772 e. The van der Waals surface area contributed by atoms with Gasteiger partial charge in [0.15, 0.2) is 0 Å². The molecular weight excluding hydrogens is 167 g/mol. The smallest absolute Gasteiger partial charge is 0.258 e. The molecule has 10 heavy (non-hydrogen) atoms. The van der Waals surface area contributed by atoms with Crippen LogP contribution in [-0.2, 0) is 15.8 Å². The Labute approximate surface area is 70.8 Å². The first kappa shape index (κ1) is 8.70. The second-order valence-corrected chi connectivity index (χ2v) is 5.06. The topological polar surface area (TPSA) is 49.4 Å². The fraction of sp³-hybridized carbons (Fsp3) is 1.00. The molecular formula is C5H10AlO3S-. The van der Waals surface area contributed by atoms with E-state index in [2.05, 4.69) is 0 Å². The molecule has 0 N–H and O–H groups in total. The van der Waals surface area contributed by atoms with E-state index in [1.54, 1.807) is 0 Å². The molecule has 0 amide bonds. The van der Waals surface area contributed by atoms with Crippen molar-refractivity contribution in [3.8, 4) is 0 Å². The van der Waals surface area contributed by atoms with Crippen LogP contribution < -0.4 is 0 Å². The van der Waals surface area contributed by atoms with Crippen molar-refractivity contribution < 1.29 is 13.5 Å². The fourth-order valence-corrected chi connectivity index (χ4v) is 2.99. The van der Waals surface area contributed by atoms with Crippen molar-refractivity contribution in [2.24, 2.45) is 0 Å². The molecule has 3 atom stereocenters. The van der Waals surface area contributed by atoms with Gasteiger partial charge in [0, 0.05) is 11.9 Å². The van der Waals surface area contributed by atoms with Crippen molar-refractivity contribution in [1.82, 2.24) is 0 Å².